The van der Waals surface area contributed by atoms with E-state index in [-0.39, 0.29) is 0 Å². The van der Waals surface area contributed by atoms with Gasteiger partial charge in [0.25, 0.3) is 0 Å². The Morgan fingerprint density at radius 1 is 0.719 bits per heavy atom. The van der Waals surface area contributed by atoms with Crippen molar-refractivity contribution in [2.45, 2.75) is 13.1 Å². The Bertz CT molecular complexity index is 1190. The van der Waals surface area contributed by atoms with Crippen LogP contribution in [-0.4, -0.2) is 20.3 Å². The maximum Gasteiger partial charge on any atom is 0.519 e. The molecule has 0 saturated heterocycles. The average Bonchev–Trinajstić information content (AvgIpc) is 2.80. The SMILES string of the molecule is CN(C)c1ccc(CNCc2ccc(OC(=O)Oc3ccc4ccccc4c3)cc2)cc1. The molecule has 4 rings (SSSR count). The molecule has 0 aliphatic carbocycles. The third-order valence-electron chi connectivity index (χ3n) is 5.16. The summed E-state index contributed by atoms with van der Waals surface area (Å²) >= 11 is 0. The summed E-state index contributed by atoms with van der Waals surface area (Å²) in [5, 5.41) is 5.52. The fourth-order valence-corrected chi connectivity index (χ4v) is 3.38. The summed E-state index contributed by atoms with van der Waals surface area (Å²) in [4.78, 5) is 14.2. The minimum atomic E-state index is -0.757. The van der Waals surface area contributed by atoms with Gasteiger partial charge in [0.05, 0.1) is 0 Å². The molecule has 0 heterocycles. The number of benzene rings is 4. The van der Waals surface area contributed by atoms with Gasteiger partial charge in [-0.05, 0) is 58.3 Å². The van der Waals surface area contributed by atoms with E-state index < -0.39 is 6.16 Å². The summed E-state index contributed by atoms with van der Waals surface area (Å²) in [7, 11) is 4.06. The van der Waals surface area contributed by atoms with E-state index in [1.165, 1.54) is 11.3 Å². The van der Waals surface area contributed by atoms with Crippen molar-refractivity contribution in [1.29, 1.82) is 0 Å². The molecule has 0 unspecified atom stereocenters. The fraction of sp³-hybridized carbons (Fsp3) is 0.148. The molecule has 0 bridgehead atoms. The van der Waals surface area contributed by atoms with E-state index in [1.807, 2.05) is 62.6 Å². The van der Waals surface area contributed by atoms with Gasteiger partial charge in [-0.1, -0.05) is 54.6 Å². The van der Waals surface area contributed by atoms with Crippen molar-refractivity contribution in [3.05, 3.63) is 102 Å². The maximum absolute atomic E-state index is 12.1. The molecular weight excluding hydrogens is 400 g/mol. The van der Waals surface area contributed by atoms with Crippen molar-refractivity contribution in [3.8, 4) is 11.5 Å². The lowest BCUT2D eigenvalue weighted by molar-refractivity contribution is 0.152. The van der Waals surface area contributed by atoms with E-state index in [4.69, 9.17) is 9.47 Å². The zero-order valence-corrected chi connectivity index (χ0v) is 18.2. The van der Waals surface area contributed by atoms with Gasteiger partial charge in [-0.25, -0.2) is 4.79 Å². The summed E-state index contributed by atoms with van der Waals surface area (Å²) in [5.41, 5.74) is 3.51. The first-order valence-electron chi connectivity index (χ1n) is 10.5. The standard InChI is InChI=1S/C27H26N2O3/c1-29(2)24-12-7-20(8-13-24)18-28-19-21-9-14-25(15-10-21)31-27(30)32-26-16-11-22-5-3-4-6-23(22)17-26/h3-17,28H,18-19H2,1-2H3. The van der Waals surface area contributed by atoms with E-state index in [2.05, 4.69) is 34.5 Å². The van der Waals surface area contributed by atoms with Gasteiger partial charge in [0.1, 0.15) is 11.5 Å². The predicted molar refractivity (Wildman–Crippen MR) is 128 cm³/mol. The lowest BCUT2D eigenvalue weighted by Crippen LogP contribution is -2.14. The Labute approximate surface area is 188 Å². The first-order chi connectivity index (χ1) is 15.6. The van der Waals surface area contributed by atoms with Gasteiger partial charge in [0, 0.05) is 32.9 Å². The molecule has 0 aromatic heterocycles. The number of carbonyl (C=O) groups excluding carboxylic acids is 1. The second-order valence-electron chi connectivity index (χ2n) is 7.77. The minimum Gasteiger partial charge on any atom is -0.395 e. The molecule has 0 spiro atoms. The molecular formula is C27H26N2O3. The van der Waals surface area contributed by atoms with Crippen LogP contribution < -0.4 is 19.7 Å². The highest BCUT2D eigenvalue weighted by molar-refractivity contribution is 5.84. The topological polar surface area (TPSA) is 50.8 Å². The van der Waals surface area contributed by atoms with Crippen LogP contribution in [0.1, 0.15) is 11.1 Å². The lowest BCUT2D eigenvalue weighted by Gasteiger charge is -2.13. The van der Waals surface area contributed by atoms with E-state index in [0.717, 1.165) is 29.4 Å². The number of fused-ring (bicyclic) bond motifs is 1. The lowest BCUT2D eigenvalue weighted by atomic mass is 10.1. The molecule has 0 aliphatic heterocycles. The van der Waals surface area contributed by atoms with Gasteiger partial charge in [0.15, 0.2) is 0 Å². The van der Waals surface area contributed by atoms with Crippen molar-refractivity contribution in [1.82, 2.24) is 5.32 Å². The number of anilines is 1. The molecule has 0 aliphatic rings. The molecule has 0 fully saturated rings. The minimum absolute atomic E-state index is 0.443. The normalized spacial score (nSPS) is 10.7. The van der Waals surface area contributed by atoms with Crippen molar-refractivity contribution >= 4 is 22.6 Å². The molecule has 0 radical (unpaired) electrons. The number of hydrogen-bond donors (Lipinski definition) is 1. The van der Waals surface area contributed by atoms with Gasteiger partial charge >= 0.3 is 6.16 Å². The van der Waals surface area contributed by atoms with Crippen molar-refractivity contribution in [3.63, 3.8) is 0 Å². The van der Waals surface area contributed by atoms with Crippen LogP contribution in [0.5, 0.6) is 11.5 Å². The van der Waals surface area contributed by atoms with Crippen LogP contribution in [0.3, 0.4) is 0 Å². The number of carbonyl (C=O) groups is 1. The van der Waals surface area contributed by atoms with E-state index in [1.54, 1.807) is 18.2 Å². The van der Waals surface area contributed by atoms with Crippen molar-refractivity contribution in [2.24, 2.45) is 0 Å². The zero-order chi connectivity index (χ0) is 22.3. The van der Waals surface area contributed by atoms with Gasteiger partial charge in [0.2, 0.25) is 0 Å². The average molecular weight is 427 g/mol. The van der Waals surface area contributed by atoms with Crippen LogP contribution in [-0.2, 0) is 13.1 Å². The number of rotatable bonds is 7. The third-order valence-corrected chi connectivity index (χ3v) is 5.16. The van der Waals surface area contributed by atoms with Crippen molar-refractivity contribution in [2.75, 3.05) is 19.0 Å². The molecule has 0 amide bonds. The second-order valence-corrected chi connectivity index (χ2v) is 7.77. The monoisotopic (exact) mass is 426 g/mol. The van der Waals surface area contributed by atoms with Crippen LogP contribution in [0, 0.1) is 0 Å². The largest absolute Gasteiger partial charge is 0.519 e. The summed E-state index contributed by atoms with van der Waals surface area (Å²) in [6, 6.07) is 29.3. The Morgan fingerprint density at radius 3 is 1.94 bits per heavy atom. The van der Waals surface area contributed by atoms with Gasteiger partial charge < -0.3 is 19.7 Å². The maximum atomic E-state index is 12.1. The molecule has 162 valence electrons. The molecule has 4 aromatic carbocycles. The molecule has 0 saturated carbocycles. The Balaban J connectivity index is 1.26. The van der Waals surface area contributed by atoms with Crippen LogP contribution in [0.25, 0.3) is 10.8 Å². The molecule has 5 nitrogen and oxygen atoms in total. The summed E-state index contributed by atoms with van der Waals surface area (Å²) in [5.74, 6) is 0.895. The van der Waals surface area contributed by atoms with Gasteiger partial charge in [-0.15, -0.1) is 0 Å². The Hall–Kier alpha value is -3.83. The highest BCUT2D eigenvalue weighted by atomic mass is 16.7. The Morgan fingerprint density at radius 2 is 1.28 bits per heavy atom. The number of ether oxygens (including phenoxy) is 2. The van der Waals surface area contributed by atoms with Crippen LogP contribution in [0.2, 0.25) is 0 Å². The van der Waals surface area contributed by atoms with Gasteiger partial charge in [-0.2, -0.15) is 0 Å². The molecule has 4 aromatic rings. The predicted octanol–water partition coefficient (Wildman–Crippen LogP) is 5.77. The van der Waals surface area contributed by atoms with E-state index >= 15 is 0 Å². The van der Waals surface area contributed by atoms with E-state index in [0.29, 0.717) is 11.5 Å². The quantitative estimate of drug-likeness (QED) is 0.300. The molecule has 32 heavy (non-hydrogen) atoms. The zero-order valence-electron chi connectivity index (χ0n) is 18.2. The van der Waals surface area contributed by atoms with Crippen molar-refractivity contribution < 1.29 is 14.3 Å². The molecule has 5 heteroatoms. The van der Waals surface area contributed by atoms with Crippen LogP contribution in [0.15, 0.2) is 91.0 Å². The van der Waals surface area contributed by atoms with E-state index in [9.17, 15) is 4.79 Å². The molecule has 1 N–H and O–H groups in total. The Kier molecular flexibility index (Phi) is 6.68. The highest BCUT2D eigenvalue weighted by Crippen LogP contribution is 2.21. The molecule has 0 atom stereocenters. The third kappa shape index (κ3) is 5.65. The summed E-state index contributed by atoms with van der Waals surface area (Å²) < 4.78 is 10.6. The summed E-state index contributed by atoms with van der Waals surface area (Å²) in [6.07, 6.45) is -0.757. The number of hydrogen-bond acceptors (Lipinski definition) is 5. The first kappa shape index (κ1) is 21.4. The second kappa shape index (κ2) is 9.98. The van der Waals surface area contributed by atoms with Crippen LogP contribution in [0.4, 0.5) is 10.5 Å². The highest BCUT2D eigenvalue weighted by Gasteiger charge is 2.09. The van der Waals surface area contributed by atoms with Gasteiger partial charge in [-0.3, -0.25) is 0 Å². The number of nitrogens with zero attached hydrogens (tertiary/aromatic N) is 1. The number of nitrogens with one attached hydrogen (secondary N) is 1. The van der Waals surface area contributed by atoms with Crippen LogP contribution >= 0.6 is 0 Å². The fourth-order valence-electron chi connectivity index (χ4n) is 3.38. The summed E-state index contributed by atoms with van der Waals surface area (Å²) in [6.45, 7) is 1.50. The smallest absolute Gasteiger partial charge is 0.395 e. The first-order valence-corrected chi connectivity index (χ1v) is 10.5.